The Balaban J connectivity index is 1.76. The third kappa shape index (κ3) is 2.86. The van der Waals surface area contributed by atoms with Gasteiger partial charge in [-0.15, -0.1) is 0 Å². The van der Waals surface area contributed by atoms with Gasteiger partial charge in [-0.1, -0.05) is 51.4 Å². The van der Waals surface area contributed by atoms with Crippen LogP contribution in [0.2, 0.25) is 0 Å². The Bertz CT molecular complexity index is 1050. The molecule has 0 spiro atoms. The van der Waals surface area contributed by atoms with E-state index in [1.165, 1.54) is 19.2 Å². The van der Waals surface area contributed by atoms with E-state index in [0.717, 1.165) is 10.0 Å². The van der Waals surface area contributed by atoms with Gasteiger partial charge in [-0.3, -0.25) is 4.79 Å². The second-order valence-corrected chi connectivity index (χ2v) is 10.1. The summed E-state index contributed by atoms with van der Waals surface area (Å²) in [6.07, 6.45) is -0.429. The Labute approximate surface area is 171 Å². The molecule has 0 bridgehead atoms. The van der Waals surface area contributed by atoms with Gasteiger partial charge in [-0.25, -0.2) is 8.42 Å². The van der Waals surface area contributed by atoms with E-state index in [4.69, 9.17) is 9.57 Å². The Morgan fingerprint density at radius 3 is 2.61 bits per heavy atom. The van der Waals surface area contributed by atoms with Crippen LogP contribution in [0.5, 0.6) is 0 Å². The number of ether oxygens (including phenoxy) is 1. The van der Waals surface area contributed by atoms with Crippen molar-refractivity contribution in [2.45, 2.75) is 28.6 Å². The number of benzene rings is 2. The van der Waals surface area contributed by atoms with Gasteiger partial charge in [0.2, 0.25) is 0 Å². The summed E-state index contributed by atoms with van der Waals surface area (Å²) in [5.74, 6) is -1.07. The van der Waals surface area contributed by atoms with Crippen LogP contribution >= 0.6 is 15.9 Å². The third-order valence-electron chi connectivity index (χ3n) is 5.41. The molecule has 1 fully saturated rings. The smallest absolute Gasteiger partial charge is 0.327 e. The van der Waals surface area contributed by atoms with Crippen molar-refractivity contribution in [2.24, 2.45) is 11.1 Å². The molecule has 0 amide bonds. The Kier molecular flexibility index (Phi) is 4.79. The van der Waals surface area contributed by atoms with E-state index >= 15 is 0 Å². The zero-order valence-corrected chi connectivity index (χ0v) is 17.4. The molecular formula is C20H18BrNO5S. The molecule has 4 rings (SSSR count). The molecule has 0 aromatic heterocycles. The lowest BCUT2D eigenvalue weighted by Crippen LogP contribution is -2.46. The van der Waals surface area contributed by atoms with Gasteiger partial charge in [0, 0.05) is 22.4 Å². The molecule has 2 aliphatic rings. The summed E-state index contributed by atoms with van der Waals surface area (Å²) >= 11 is 3.44. The summed E-state index contributed by atoms with van der Waals surface area (Å²) < 4.78 is 31.1. The van der Waals surface area contributed by atoms with Crippen molar-refractivity contribution in [3.63, 3.8) is 0 Å². The van der Waals surface area contributed by atoms with Crippen LogP contribution in [0.4, 0.5) is 0 Å². The van der Waals surface area contributed by atoms with Crippen LogP contribution in [0.3, 0.4) is 0 Å². The molecule has 1 aliphatic carbocycles. The average molecular weight is 464 g/mol. The minimum Gasteiger partial charge on any atom is -0.468 e. The van der Waals surface area contributed by atoms with Crippen LogP contribution < -0.4 is 0 Å². The highest BCUT2D eigenvalue weighted by atomic mass is 79.9. The number of fused-ring (bicyclic) bond motifs is 1. The molecule has 6 nitrogen and oxygen atoms in total. The zero-order valence-electron chi connectivity index (χ0n) is 15.0. The number of sulfone groups is 1. The fourth-order valence-electron chi connectivity index (χ4n) is 4.03. The number of hydrogen-bond donors (Lipinski definition) is 0. The first-order valence-electron chi connectivity index (χ1n) is 8.77. The molecule has 2 aromatic carbocycles. The van der Waals surface area contributed by atoms with E-state index in [1.807, 2.05) is 24.3 Å². The summed E-state index contributed by atoms with van der Waals surface area (Å²) in [7, 11) is -2.78. The van der Waals surface area contributed by atoms with E-state index in [-0.39, 0.29) is 23.7 Å². The van der Waals surface area contributed by atoms with E-state index in [9.17, 15) is 13.2 Å². The molecule has 0 radical (unpaired) electrons. The van der Waals surface area contributed by atoms with Crippen molar-refractivity contribution < 1.29 is 22.8 Å². The first kappa shape index (κ1) is 19.1. The maximum Gasteiger partial charge on any atom is 0.327 e. The van der Waals surface area contributed by atoms with Gasteiger partial charge in [-0.05, 0) is 30.7 Å². The zero-order chi connectivity index (χ0) is 19.9. The fraction of sp³-hybridized carbons (Fsp3) is 0.300. The summed E-state index contributed by atoms with van der Waals surface area (Å²) in [6.45, 7) is 0. The second kappa shape index (κ2) is 7.00. The van der Waals surface area contributed by atoms with Crippen LogP contribution in [-0.4, -0.2) is 38.1 Å². The molecule has 2 aromatic rings. The normalized spacial score (nSPS) is 26.3. The molecule has 8 heteroatoms. The van der Waals surface area contributed by atoms with Gasteiger partial charge in [0.25, 0.3) is 0 Å². The summed E-state index contributed by atoms with van der Waals surface area (Å²) in [5, 5.41) is 4.19. The van der Waals surface area contributed by atoms with E-state index < -0.39 is 26.7 Å². The van der Waals surface area contributed by atoms with Gasteiger partial charge in [0.15, 0.2) is 14.6 Å². The molecule has 1 heterocycles. The lowest BCUT2D eigenvalue weighted by molar-refractivity contribution is -0.144. The number of hydrogen-bond acceptors (Lipinski definition) is 6. The summed E-state index contributed by atoms with van der Waals surface area (Å²) in [5.41, 5.74) is 1.49. The highest BCUT2D eigenvalue weighted by molar-refractivity contribution is 9.10. The van der Waals surface area contributed by atoms with Crippen LogP contribution in [-0.2, 0) is 24.2 Å². The molecule has 1 aliphatic heterocycles. The minimum absolute atomic E-state index is 0.00255. The number of nitrogens with zero attached hydrogens (tertiary/aromatic N) is 1. The standard InChI is InChI=1S/C20H18BrNO5S/c1-26-19(23)20(28(24,25)15-8-3-2-4-9-15)11-16-17(12-20)27-22-18(16)13-6-5-7-14(21)10-13/h2-10,16-17H,11-12H2,1H3/t16-,17+,20-/m0/s1. The molecule has 1 saturated carbocycles. The molecule has 0 unspecified atom stereocenters. The molecule has 3 atom stereocenters. The van der Waals surface area contributed by atoms with Crippen LogP contribution in [0.1, 0.15) is 18.4 Å². The van der Waals surface area contributed by atoms with Crippen LogP contribution in [0.15, 0.2) is 69.1 Å². The van der Waals surface area contributed by atoms with Gasteiger partial charge < -0.3 is 9.57 Å². The minimum atomic E-state index is -3.99. The second-order valence-electron chi connectivity index (χ2n) is 6.95. The van der Waals surface area contributed by atoms with Gasteiger partial charge in [-0.2, -0.15) is 0 Å². The quantitative estimate of drug-likeness (QED) is 0.649. The number of carbonyl (C=O) groups is 1. The molecule has 0 saturated heterocycles. The van der Waals surface area contributed by atoms with Crippen molar-refractivity contribution >= 4 is 37.4 Å². The Morgan fingerprint density at radius 1 is 1.18 bits per heavy atom. The number of carbonyl (C=O) groups excluding carboxylic acids is 1. The maximum atomic E-state index is 13.5. The van der Waals surface area contributed by atoms with E-state index in [1.54, 1.807) is 18.2 Å². The maximum absolute atomic E-state index is 13.5. The summed E-state index contributed by atoms with van der Waals surface area (Å²) in [4.78, 5) is 18.4. The molecule has 28 heavy (non-hydrogen) atoms. The van der Waals surface area contributed by atoms with Crippen molar-refractivity contribution in [1.29, 1.82) is 0 Å². The van der Waals surface area contributed by atoms with Crippen LogP contribution in [0, 0.1) is 5.92 Å². The van der Waals surface area contributed by atoms with Gasteiger partial charge >= 0.3 is 5.97 Å². The lowest BCUT2D eigenvalue weighted by atomic mass is 9.93. The van der Waals surface area contributed by atoms with Gasteiger partial charge in [0.05, 0.1) is 17.7 Å². The fourth-order valence-corrected chi connectivity index (χ4v) is 6.49. The first-order chi connectivity index (χ1) is 13.4. The SMILES string of the molecule is COC(=O)[C@]1(S(=O)(=O)c2ccccc2)C[C@@H]2C(c3cccc(Br)c3)=NO[C@@H]2C1. The topological polar surface area (TPSA) is 82.0 Å². The number of rotatable bonds is 4. The molecular weight excluding hydrogens is 446 g/mol. The van der Waals surface area contributed by atoms with Crippen molar-refractivity contribution in [2.75, 3.05) is 7.11 Å². The van der Waals surface area contributed by atoms with Gasteiger partial charge in [0.1, 0.15) is 6.10 Å². The Hall–Kier alpha value is -2.19. The van der Waals surface area contributed by atoms with Crippen molar-refractivity contribution in [3.8, 4) is 0 Å². The van der Waals surface area contributed by atoms with E-state index in [0.29, 0.717) is 5.71 Å². The molecule has 146 valence electrons. The van der Waals surface area contributed by atoms with E-state index in [2.05, 4.69) is 21.1 Å². The third-order valence-corrected chi connectivity index (χ3v) is 8.33. The number of oxime groups is 1. The molecule has 0 N–H and O–H groups in total. The first-order valence-corrected chi connectivity index (χ1v) is 11.0. The largest absolute Gasteiger partial charge is 0.468 e. The van der Waals surface area contributed by atoms with Crippen molar-refractivity contribution in [1.82, 2.24) is 0 Å². The van der Waals surface area contributed by atoms with Crippen molar-refractivity contribution in [3.05, 3.63) is 64.6 Å². The average Bonchev–Trinajstić information content (AvgIpc) is 3.27. The monoisotopic (exact) mass is 463 g/mol. The number of esters is 1. The highest BCUT2D eigenvalue weighted by Crippen LogP contribution is 2.49. The highest BCUT2D eigenvalue weighted by Gasteiger charge is 2.63. The summed E-state index contributed by atoms with van der Waals surface area (Å²) in [6, 6.07) is 15.6. The predicted octanol–water partition coefficient (Wildman–Crippen LogP) is 3.35. The predicted molar refractivity (Wildman–Crippen MR) is 107 cm³/mol. The number of halogens is 1. The Morgan fingerprint density at radius 2 is 1.93 bits per heavy atom. The number of methoxy groups -OCH3 is 1. The van der Waals surface area contributed by atoms with Crippen LogP contribution in [0.25, 0.3) is 0 Å². The lowest BCUT2D eigenvalue weighted by Gasteiger charge is -2.26.